The molecule has 0 radical (unpaired) electrons. The second-order valence-electron chi connectivity index (χ2n) is 11.8. The molecule has 4 rings (SSSR count). The van der Waals surface area contributed by atoms with Gasteiger partial charge < -0.3 is 20.1 Å². The summed E-state index contributed by atoms with van der Waals surface area (Å²) < 4.78 is 5.49. The molecule has 2 aliphatic heterocycles. The molecule has 0 spiro atoms. The number of nitrogens with one attached hydrogen (secondary N) is 2. The quantitative estimate of drug-likeness (QED) is 0.486. The number of phenols is 1. The first-order valence-electron chi connectivity index (χ1n) is 13.8. The summed E-state index contributed by atoms with van der Waals surface area (Å²) in [6.45, 7) is 14.6. The van der Waals surface area contributed by atoms with Crippen molar-refractivity contribution in [2.75, 3.05) is 26.7 Å². The number of hydrogen-bond donors (Lipinski definition) is 3. The number of methoxy groups -OCH3 is 1. The molecule has 1 amide bonds. The average Bonchev–Trinajstić information content (AvgIpc) is 2.90. The number of likely N-dealkylation sites (tertiary alicyclic amines) is 1. The smallest absolute Gasteiger partial charge is 0.240 e. The molecule has 2 heterocycles. The Morgan fingerprint density at radius 1 is 1.24 bits per heavy atom. The summed E-state index contributed by atoms with van der Waals surface area (Å²) in [7, 11) is 1.73. The topological polar surface area (TPSA) is 73.8 Å². The third-order valence-electron chi connectivity index (χ3n) is 9.30. The van der Waals surface area contributed by atoms with Gasteiger partial charge in [-0.05, 0) is 84.5 Å². The highest BCUT2D eigenvalue weighted by atomic mass is 16.5. The number of rotatable bonds is 8. The Balaban J connectivity index is 1.42. The highest BCUT2D eigenvalue weighted by Gasteiger charge is 2.41. The molecule has 6 heteroatoms. The molecule has 2 aromatic rings. The van der Waals surface area contributed by atoms with E-state index in [-0.39, 0.29) is 23.1 Å². The summed E-state index contributed by atoms with van der Waals surface area (Å²) in [5.74, 6) is 2.10. The first kappa shape index (κ1) is 27.5. The van der Waals surface area contributed by atoms with Crippen molar-refractivity contribution in [3.05, 3.63) is 59.2 Å². The summed E-state index contributed by atoms with van der Waals surface area (Å²) in [4.78, 5) is 16.2. The van der Waals surface area contributed by atoms with E-state index in [4.69, 9.17) is 4.74 Å². The Morgan fingerprint density at radius 3 is 2.73 bits per heavy atom. The zero-order valence-electron chi connectivity index (χ0n) is 23.4. The number of piperidine rings is 1. The van der Waals surface area contributed by atoms with Crippen LogP contribution < -0.4 is 15.4 Å². The minimum atomic E-state index is -0.671. The summed E-state index contributed by atoms with van der Waals surface area (Å²) in [5.41, 5.74) is 2.95. The Labute approximate surface area is 222 Å². The van der Waals surface area contributed by atoms with Gasteiger partial charge in [0.2, 0.25) is 5.91 Å². The van der Waals surface area contributed by atoms with E-state index >= 15 is 0 Å². The molecule has 5 atom stereocenters. The van der Waals surface area contributed by atoms with Crippen molar-refractivity contribution < 1.29 is 14.6 Å². The second kappa shape index (κ2) is 11.0. The van der Waals surface area contributed by atoms with E-state index in [1.54, 1.807) is 19.2 Å². The lowest BCUT2D eigenvalue weighted by Gasteiger charge is -2.46. The fourth-order valence-electron chi connectivity index (χ4n) is 5.99. The van der Waals surface area contributed by atoms with Crippen molar-refractivity contribution in [3.8, 4) is 11.5 Å². The van der Waals surface area contributed by atoms with Crippen LogP contribution in [0.3, 0.4) is 0 Å². The van der Waals surface area contributed by atoms with Crippen LogP contribution in [-0.2, 0) is 23.2 Å². The lowest BCUT2D eigenvalue weighted by molar-refractivity contribution is -0.128. The normalized spacial score (nSPS) is 27.7. The number of amides is 1. The van der Waals surface area contributed by atoms with Gasteiger partial charge in [-0.1, -0.05) is 52.3 Å². The monoisotopic (exact) mass is 507 g/mol. The molecular weight excluding hydrogens is 462 g/mol. The van der Waals surface area contributed by atoms with E-state index in [2.05, 4.69) is 61.4 Å². The summed E-state index contributed by atoms with van der Waals surface area (Å²) in [5, 5.41) is 16.7. The molecule has 0 saturated carbocycles. The number of hydrogen-bond acceptors (Lipinski definition) is 5. The highest BCUT2D eigenvalue weighted by Crippen LogP contribution is 2.40. The van der Waals surface area contributed by atoms with E-state index < -0.39 is 5.54 Å². The molecule has 202 valence electrons. The molecule has 2 aromatic carbocycles. The first-order chi connectivity index (χ1) is 17.6. The molecule has 37 heavy (non-hydrogen) atoms. The van der Waals surface area contributed by atoms with Crippen molar-refractivity contribution in [2.24, 2.45) is 11.8 Å². The van der Waals surface area contributed by atoms with Gasteiger partial charge in [-0.25, -0.2) is 0 Å². The maximum Gasteiger partial charge on any atom is 0.240 e. The SMILES string of the molecule is CC[C@H](C)[C@@H](CN1CC[C@@](C)(c2cccc(OC)c2)[C@@H](C)C1)NC(=O)[C@@]1(C)Cc2ccc(O)cc2CN1. The number of benzene rings is 2. The fourth-order valence-corrected chi connectivity index (χ4v) is 5.99. The fraction of sp³-hybridized carbons (Fsp3) is 0.581. The van der Waals surface area contributed by atoms with E-state index in [1.165, 1.54) is 5.56 Å². The minimum Gasteiger partial charge on any atom is -0.508 e. The number of nitrogens with zero attached hydrogens (tertiary/aromatic N) is 1. The largest absolute Gasteiger partial charge is 0.508 e. The van der Waals surface area contributed by atoms with Gasteiger partial charge in [-0.15, -0.1) is 0 Å². The van der Waals surface area contributed by atoms with Gasteiger partial charge in [0.1, 0.15) is 11.5 Å². The van der Waals surface area contributed by atoms with Crippen LogP contribution in [0, 0.1) is 11.8 Å². The lowest BCUT2D eigenvalue weighted by atomic mass is 9.68. The van der Waals surface area contributed by atoms with Crippen molar-refractivity contribution in [1.29, 1.82) is 0 Å². The molecule has 1 fully saturated rings. The number of carbonyl (C=O) groups excluding carboxylic acids is 1. The van der Waals surface area contributed by atoms with Gasteiger partial charge in [0, 0.05) is 25.7 Å². The van der Waals surface area contributed by atoms with Gasteiger partial charge in [-0.2, -0.15) is 0 Å². The molecule has 6 nitrogen and oxygen atoms in total. The van der Waals surface area contributed by atoms with Gasteiger partial charge in [0.05, 0.1) is 12.6 Å². The molecule has 2 aliphatic rings. The molecule has 0 aromatic heterocycles. The predicted molar refractivity (Wildman–Crippen MR) is 149 cm³/mol. The third-order valence-corrected chi connectivity index (χ3v) is 9.30. The van der Waals surface area contributed by atoms with Gasteiger partial charge in [0.15, 0.2) is 0 Å². The van der Waals surface area contributed by atoms with Crippen LogP contribution in [0.1, 0.15) is 64.2 Å². The number of phenolic OH excluding ortho intramolecular Hbond substituents is 1. The Hall–Kier alpha value is -2.57. The zero-order valence-corrected chi connectivity index (χ0v) is 23.4. The lowest BCUT2D eigenvalue weighted by Crippen LogP contribution is -2.62. The number of ether oxygens (including phenoxy) is 1. The van der Waals surface area contributed by atoms with E-state index in [0.29, 0.717) is 24.8 Å². The number of carbonyl (C=O) groups is 1. The van der Waals surface area contributed by atoms with Crippen LogP contribution in [0.15, 0.2) is 42.5 Å². The first-order valence-corrected chi connectivity index (χ1v) is 13.8. The van der Waals surface area contributed by atoms with E-state index in [1.807, 2.05) is 19.1 Å². The standard InChI is InChI=1S/C31H45N3O3/c1-7-21(2)28(33-29(36)31(5)17-23-11-12-26(35)15-24(23)18-32-31)20-34-14-13-30(4,22(3)19-34)25-9-8-10-27(16-25)37-6/h8-12,15-16,21-22,28,32,35H,7,13-14,17-20H2,1-6H3,(H,33,36)/t21-,22-,28+,30+,31+/m0/s1. The van der Waals surface area contributed by atoms with Crippen molar-refractivity contribution in [2.45, 2.75) is 77.4 Å². The molecule has 0 unspecified atom stereocenters. The Bertz CT molecular complexity index is 1100. The molecule has 0 bridgehead atoms. The van der Waals surface area contributed by atoms with E-state index in [0.717, 1.165) is 49.4 Å². The van der Waals surface area contributed by atoms with Gasteiger partial charge in [-0.3, -0.25) is 10.1 Å². The predicted octanol–water partition coefficient (Wildman–Crippen LogP) is 4.64. The van der Waals surface area contributed by atoms with Crippen molar-refractivity contribution in [1.82, 2.24) is 15.5 Å². The summed E-state index contributed by atoms with van der Waals surface area (Å²) in [6.07, 6.45) is 2.70. The average molecular weight is 508 g/mol. The summed E-state index contributed by atoms with van der Waals surface area (Å²) in [6, 6.07) is 14.0. The number of aromatic hydroxyl groups is 1. The maximum atomic E-state index is 13.6. The van der Waals surface area contributed by atoms with E-state index in [9.17, 15) is 9.90 Å². The van der Waals surface area contributed by atoms with Crippen molar-refractivity contribution >= 4 is 5.91 Å². The van der Waals surface area contributed by atoms with Gasteiger partial charge in [0.25, 0.3) is 0 Å². The van der Waals surface area contributed by atoms with Crippen LogP contribution >= 0.6 is 0 Å². The third kappa shape index (κ3) is 5.80. The Morgan fingerprint density at radius 2 is 2.03 bits per heavy atom. The maximum absolute atomic E-state index is 13.6. The molecule has 0 aliphatic carbocycles. The van der Waals surface area contributed by atoms with Crippen LogP contribution in [-0.4, -0.2) is 54.2 Å². The molecular formula is C31H45N3O3. The molecule has 1 saturated heterocycles. The number of fused-ring (bicyclic) bond motifs is 1. The summed E-state index contributed by atoms with van der Waals surface area (Å²) >= 11 is 0. The van der Waals surface area contributed by atoms with Crippen molar-refractivity contribution in [3.63, 3.8) is 0 Å². The zero-order chi connectivity index (χ0) is 26.8. The van der Waals surface area contributed by atoms with Crippen LogP contribution in [0.4, 0.5) is 0 Å². The highest BCUT2D eigenvalue weighted by molar-refractivity contribution is 5.87. The minimum absolute atomic E-state index is 0.0581. The van der Waals surface area contributed by atoms with Gasteiger partial charge >= 0.3 is 0 Å². The molecule has 3 N–H and O–H groups in total. The Kier molecular flexibility index (Phi) is 8.20. The second-order valence-corrected chi connectivity index (χ2v) is 11.8. The van der Waals surface area contributed by atoms with Crippen LogP contribution in [0.2, 0.25) is 0 Å². The van der Waals surface area contributed by atoms with Crippen LogP contribution in [0.5, 0.6) is 11.5 Å². The van der Waals surface area contributed by atoms with Crippen LogP contribution in [0.25, 0.3) is 0 Å².